The van der Waals surface area contributed by atoms with Crippen molar-refractivity contribution in [2.45, 2.75) is 219 Å². The molecule has 0 aromatic rings. The Hall–Kier alpha value is -1.14. The number of esters is 2. The van der Waals surface area contributed by atoms with E-state index in [0.717, 1.165) is 25.7 Å². The number of unbranched alkanes of at least 4 members (excludes halogenated alkanes) is 24. The Kier molecular flexibility index (Phi) is 34.8. The van der Waals surface area contributed by atoms with Crippen molar-refractivity contribution < 1.29 is 24.3 Å². The standard InChI is InChI=1S/C39H77NO5/c1-4-7-9-11-13-15-17-19-21-23-25-27-29-31-38(41)44-35-33-37(40(43)6-3)34-36-45-39(42)32-30-28-26-24-22-20-18-16-14-12-10-8-5-2/h37,43H,4-36H2,1-3H3. The highest BCUT2D eigenvalue weighted by atomic mass is 16.5. The van der Waals surface area contributed by atoms with Crippen LogP contribution in [0, 0.1) is 0 Å². The minimum absolute atomic E-state index is 0.151. The molecule has 45 heavy (non-hydrogen) atoms. The second kappa shape index (κ2) is 35.7. The van der Waals surface area contributed by atoms with Crippen LogP contribution >= 0.6 is 0 Å². The van der Waals surface area contributed by atoms with E-state index >= 15 is 0 Å². The molecule has 0 saturated carbocycles. The summed E-state index contributed by atoms with van der Waals surface area (Å²) in [4.78, 5) is 24.3. The van der Waals surface area contributed by atoms with Gasteiger partial charge in [-0.1, -0.05) is 175 Å². The van der Waals surface area contributed by atoms with Crippen LogP contribution in [0.3, 0.4) is 0 Å². The van der Waals surface area contributed by atoms with Crippen LogP contribution < -0.4 is 0 Å². The SMILES string of the molecule is CCCCCCCCCCCCCCCC(=O)OCCC(CCOC(=O)CCCCCCCCCCCCCCC)N(O)CC. The van der Waals surface area contributed by atoms with Crippen LogP contribution in [0.15, 0.2) is 0 Å². The van der Waals surface area contributed by atoms with Crippen molar-refractivity contribution in [3.63, 3.8) is 0 Å². The largest absolute Gasteiger partial charge is 0.466 e. The summed E-state index contributed by atoms with van der Waals surface area (Å²) in [7, 11) is 0. The third kappa shape index (κ3) is 32.6. The van der Waals surface area contributed by atoms with Crippen LogP contribution in [-0.2, 0) is 19.1 Å². The van der Waals surface area contributed by atoms with Gasteiger partial charge in [-0.05, 0) is 25.7 Å². The lowest BCUT2D eigenvalue weighted by molar-refractivity contribution is -0.153. The molecule has 0 aromatic carbocycles. The van der Waals surface area contributed by atoms with Gasteiger partial charge >= 0.3 is 11.9 Å². The first-order valence-corrected chi connectivity index (χ1v) is 19.8. The molecular formula is C39H77NO5. The molecule has 6 nitrogen and oxygen atoms in total. The van der Waals surface area contributed by atoms with Crippen LogP contribution in [0.25, 0.3) is 0 Å². The third-order valence-electron chi connectivity index (χ3n) is 9.14. The van der Waals surface area contributed by atoms with Gasteiger partial charge in [-0.15, -0.1) is 0 Å². The fourth-order valence-electron chi connectivity index (χ4n) is 6.04. The van der Waals surface area contributed by atoms with Crippen LogP contribution in [0.2, 0.25) is 0 Å². The maximum absolute atomic E-state index is 12.2. The Morgan fingerprint density at radius 2 is 0.733 bits per heavy atom. The van der Waals surface area contributed by atoms with Gasteiger partial charge in [0.25, 0.3) is 0 Å². The van der Waals surface area contributed by atoms with E-state index in [2.05, 4.69) is 13.8 Å². The van der Waals surface area contributed by atoms with Gasteiger partial charge < -0.3 is 14.7 Å². The van der Waals surface area contributed by atoms with Crippen LogP contribution in [-0.4, -0.2) is 48.0 Å². The van der Waals surface area contributed by atoms with Gasteiger partial charge in [-0.3, -0.25) is 9.59 Å². The van der Waals surface area contributed by atoms with Crippen molar-refractivity contribution in [2.75, 3.05) is 19.8 Å². The second-order valence-corrected chi connectivity index (χ2v) is 13.4. The molecule has 0 spiro atoms. The number of hydrogen-bond donors (Lipinski definition) is 1. The first-order valence-electron chi connectivity index (χ1n) is 19.8. The molecule has 0 heterocycles. The maximum atomic E-state index is 12.2. The first kappa shape index (κ1) is 43.9. The van der Waals surface area contributed by atoms with E-state index in [9.17, 15) is 14.8 Å². The number of hydroxylamine groups is 2. The molecule has 0 unspecified atom stereocenters. The van der Waals surface area contributed by atoms with E-state index in [1.54, 1.807) is 0 Å². The second-order valence-electron chi connectivity index (χ2n) is 13.4. The lowest BCUT2D eigenvalue weighted by Crippen LogP contribution is -2.34. The molecule has 0 aliphatic carbocycles. The molecule has 0 aromatic heterocycles. The van der Waals surface area contributed by atoms with E-state index in [4.69, 9.17) is 9.47 Å². The van der Waals surface area contributed by atoms with Gasteiger partial charge in [0.05, 0.1) is 13.2 Å². The first-order chi connectivity index (χ1) is 22.0. The number of carbonyl (C=O) groups is 2. The summed E-state index contributed by atoms with van der Waals surface area (Å²) in [6.45, 7) is 7.46. The van der Waals surface area contributed by atoms with Gasteiger partial charge in [0.2, 0.25) is 0 Å². The zero-order valence-corrected chi connectivity index (χ0v) is 30.4. The van der Waals surface area contributed by atoms with Crippen molar-refractivity contribution in [1.29, 1.82) is 0 Å². The maximum Gasteiger partial charge on any atom is 0.305 e. The molecule has 0 aliphatic heterocycles. The molecule has 0 aliphatic rings. The van der Waals surface area contributed by atoms with Gasteiger partial charge in [0.15, 0.2) is 0 Å². The zero-order valence-electron chi connectivity index (χ0n) is 30.4. The number of hydrogen-bond acceptors (Lipinski definition) is 6. The number of ether oxygens (including phenoxy) is 2. The molecule has 6 heteroatoms. The fraction of sp³-hybridized carbons (Fsp3) is 0.949. The van der Waals surface area contributed by atoms with E-state index in [1.165, 1.54) is 146 Å². The van der Waals surface area contributed by atoms with Crippen LogP contribution in [0.4, 0.5) is 0 Å². The summed E-state index contributed by atoms with van der Waals surface area (Å²) >= 11 is 0. The molecule has 0 rings (SSSR count). The van der Waals surface area contributed by atoms with Crippen molar-refractivity contribution in [1.82, 2.24) is 5.06 Å². The molecule has 1 N–H and O–H groups in total. The van der Waals surface area contributed by atoms with Crippen molar-refractivity contribution in [3.05, 3.63) is 0 Å². The minimum atomic E-state index is -0.191. The average molecular weight is 640 g/mol. The monoisotopic (exact) mass is 640 g/mol. The Balaban J connectivity index is 3.71. The van der Waals surface area contributed by atoms with E-state index in [-0.39, 0.29) is 31.2 Å². The Morgan fingerprint density at radius 3 is 1.00 bits per heavy atom. The normalized spacial score (nSPS) is 11.5. The number of nitrogens with zero attached hydrogens (tertiary/aromatic N) is 1. The predicted molar refractivity (Wildman–Crippen MR) is 190 cm³/mol. The van der Waals surface area contributed by atoms with Gasteiger partial charge in [0, 0.05) is 25.4 Å². The van der Waals surface area contributed by atoms with Crippen molar-refractivity contribution in [2.24, 2.45) is 0 Å². The van der Waals surface area contributed by atoms with E-state index in [0.29, 0.717) is 32.2 Å². The van der Waals surface area contributed by atoms with E-state index in [1.807, 2.05) is 6.92 Å². The lowest BCUT2D eigenvalue weighted by Gasteiger charge is -2.24. The highest BCUT2D eigenvalue weighted by Gasteiger charge is 2.17. The van der Waals surface area contributed by atoms with Crippen LogP contribution in [0.1, 0.15) is 213 Å². The molecule has 0 atom stereocenters. The molecule has 0 fully saturated rings. The van der Waals surface area contributed by atoms with Crippen molar-refractivity contribution in [3.8, 4) is 0 Å². The highest BCUT2D eigenvalue weighted by molar-refractivity contribution is 5.69. The Morgan fingerprint density at radius 1 is 0.467 bits per heavy atom. The summed E-state index contributed by atoms with van der Waals surface area (Å²) in [6, 6.07) is -0.191. The van der Waals surface area contributed by atoms with E-state index < -0.39 is 0 Å². The quantitative estimate of drug-likeness (QED) is 0.0417. The smallest absolute Gasteiger partial charge is 0.305 e. The Bertz CT molecular complexity index is 581. The summed E-state index contributed by atoms with van der Waals surface area (Å²) < 4.78 is 10.9. The van der Waals surface area contributed by atoms with Crippen LogP contribution in [0.5, 0.6) is 0 Å². The molecule has 0 radical (unpaired) electrons. The Labute approximate surface area is 280 Å². The van der Waals surface area contributed by atoms with Crippen molar-refractivity contribution >= 4 is 11.9 Å². The highest BCUT2D eigenvalue weighted by Crippen LogP contribution is 2.15. The third-order valence-corrected chi connectivity index (χ3v) is 9.14. The zero-order chi connectivity index (χ0) is 33.1. The lowest BCUT2D eigenvalue weighted by atomic mass is 10.0. The minimum Gasteiger partial charge on any atom is -0.466 e. The van der Waals surface area contributed by atoms with Gasteiger partial charge in [0.1, 0.15) is 0 Å². The molecule has 0 amide bonds. The summed E-state index contributed by atoms with van der Waals surface area (Å²) in [5, 5.41) is 11.5. The predicted octanol–water partition coefficient (Wildman–Crippen LogP) is 11.9. The summed E-state index contributed by atoms with van der Waals surface area (Å²) in [5.41, 5.74) is 0. The molecule has 0 saturated heterocycles. The topological polar surface area (TPSA) is 76.1 Å². The molecular weight excluding hydrogens is 562 g/mol. The molecule has 268 valence electrons. The number of rotatable bonds is 36. The van der Waals surface area contributed by atoms with Gasteiger partial charge in [-0.2, -0.15) is 5.06 Å². The fourth-order valence-corrected chi connectivity index (χ4v) is 6.04. The summed E-state index contributed by atoms with van der Waals surface area (Å²) in [6.07, 6.45) is 35.4. The van der Waals surface area contributed by atoms with Gasteiger partial charge in [-0.25, -0.2) is 0 Å². The summed E-state index contributed by atoms with van der Waals surface area (Å²) in [5.74, 6) is -0.302. The number of carbonyl (C=O) groups excluding carboxylic acids is 2. The molecule has 0 bridgehead atoms. The average Bonchev–Trinajstić information content (AvgIpc) is 3.04.